The predicted molar refractivity (Wildman–Crippen MR) is 103 cm³/mol. The second-order valence-electron chi connectivity index (χ2n) is 6.46. The molecule has 0 saturated carbocycles. The van der Waals surface area contributed by atoms with Crippen LogP contribution in [0.15, 0.2) is 53.8 Å². The Hall–Kier alpha value is -2.82. The zero-order valence-corrected chi connectivity index (χ0v) is 16.0. The van der Waals surface area contributed by atoms with Gasteiger partial charge in [-0.25, -0.2) is 0 Å². The summed E-state index contributed by atoms with van der Waals surface area (Å²) in [4.78, 5) is 9.21. The molecule has 2 aromatic carbocycles. The summed E-state index contributed by atoms with van der Waals surface area (Å²) < 4.78 is 42.4. The molecular formula is C20H10Cl2F3N3O. The fraction of sp³-hybridized carbons (Fsp3) is 0.150. The third kappa shape index (κ3) is 3.18. The van der Waals surface area contributed by atoms with Crippen LogP contribution >= 0.6 is 23.2 Å². The van der Waals surface area contributed by atoms with Gasteiger partial charge in [0.25, 0.3) is 5.60 Å². The molecule has 0 spiro atoms. The Balaban J connectivity index is 1.84. The van der Waals surface area contributed by atoms with Crippen LogP contribution in [0.4, 0.5) is 13.2 Å². The monoisotopic (exact) mass is 435 g/mol. The van der Waals surface area contributed by atoms with E-state index in [-0.39, 0.29) is 21.3 Å². The molecule has 9 heteroatoms. The van der Waals surface area contributed by atoms with E-state index in [4.69, 9.17) is 28.0 Å². The molecule has 1 aromatic heterocycles. The van der Waals surface area contributed by atoms with Gasteiger partial charge in [0.2, 0.25) is 0 Å². The van der Waals surface area contributed by atoms with E-state index in [0.29, 0.717) is 22.0 Å². The van der Waals surface area contributed by atoms with Gasteiger partial charge in [0.05, 0.1) is 16.8 Å². The Kier molecular flexibility index (Phi) is 4.64. The van der Waals surface area contributed by atoms with Crippen LogP contribution in [0, 0.1) is 11.3 Å². The van der Waals surface area contributed by atoms with Crippen molar-refractivity contribution in [2.75, 3.05) is 0 Å². The van der Waals surface area contributed by atoms with E-state index < -0.39 is 18.2 Å². The topological polar surface area (TPSA) is 58.3 Å². The fourth-order valence-corrected chi connectivity index (χ4v) is 3.88. The van der Waals surface area contributed by atoms with Gasteiger partial charge in [-0.05, 0) is 30.3 Å². The highest BCUT2D eigenvalue weighted by atomic mass is 35.5. The van der Waals surface area contributed by atoms with Crippen molar-refractivity contribution in [2.45, 2.75) is 18.2 Å². The smallest absolute Gasteiger partial charge is 0.374 e. The van der Waals surface area contributed by atoms with Gasteiger partial charge in [-0.15, -0.1) is 0 Å². The van der Waals surface area contributed by atoms with E-state index in [1.165, 1.54) is 12.3 Å². The number of alkyl halides is 3. The number of hydrogen-bond donors (Lipinski definition) is 0. The number of oxime groups is 1. The molecule has 0 fully saturated rings. The van der Waals surface area contributed by atoms with Crippen molar-refractivity contribution in [1.29, 1.82) is 5.26 Å². The third-order valence-corrected chi connectivity index (χ3v) is 5.15. The first-order chi connectivity index (χ1) is 13.7. The second kappa shape index (κ2) is 6.90. The fourth-order valence-electron chi connectivity index (χ4n) is 3.35. The van der Waals surface area contributed by atoms with Gasteiger partial charge in [-0.1, -0.05) is 40.5 Å². The van der Waals surface area contributed by atoms with Crippen molar-refractivity contribution in [3.63, 3.8) is 0 Å². The van der Waals surface area contributed by atoms with E-state index in [0.717, 1.165) is 12.1 Å². The first-order valence-corrected chi connectivity index (χ1v) is 9.07. The van der Waals surface area contributed by atoms with Crippen LogP contribution < -0.4 is 0 Å². The Labute approximate surface area is 173 Å². The van der Waals surface area contributed by atoms with Gasteiger partial charge in [0.1, 0.15) is 6.07 Å². The lowest BCUT2D eigenvalue weighted by molar-refractivity contribution is -0.275. The van der Waals surface area contributed by atoms with Crippen molar-refractivity contribution in [3.8, 4) is 6.07 Å². The zero-order chi connectivity index (χ0) is 20.8. The average molecular weight is 436 g/mol. The van der Waals surface area contributed by atoms with Crippen LogP contribution in [0.25, 0.3) is 10.9 Å². The minimum atomic E-state index is -4.78. The maximum absolute atomic E-state index is 14.1. The van der Waals surface area contributed by atoms with E-state index in [1.54, 1.807) is 24.3 Å². The maximum atomic E-state index is 14.1. The molecule has 1 aliphatic rings. The summed E-state index contributed by atoms with van der Waals surface area (Å²) in [5.41, 5.74) is -1.78. The Morgan fingerprint density at radius 1 is 1.10 bits per heavy atom. The number of nitrogens with zero attached hydrogens (tertiary/aromatic N) is 3. The van der Waals surface area contributed by atoms with Gasteiger partial charge in [-0.2, -0.15) is 18.4 Å². The highest BCUT2D eigenvalue weighted by Gasteiger charge is 2.62. The van der Waals surface area contributed by atoms with E-state index in [2.05, 4.69) is 10.1 Å². The van der Waals surface area contributed by atoms with Crippen molar-refractivity contribution < 1.29 is 18.0 Å². The number of fused-ring (bicyclic) bond motifs is 1. The molecule has 3 aromatic rings. The Morgan fingerprint density at radius 3 is 2.48 bits per heavy atom. The summed E-state index contributed by atoms with van der Waals surface area (Å²) in [5, 5.41) is 13.7. The largest absolute Gasteiger partial charge is 0.435 e. The van der Waals surface area contributed by atoms with Crippen LogP contribution in [0.5, 0.6) is 0 Å². The number of pyridine rings is 1. The molecule has 0 saturated heterocycles. The van der Waals surface area contributed by atoms with Crippen LogP contribution in [0.3, 0.4) is 0 Å². The Morgan fingerprint density at radius 2 is 1.83 bits per heavy atom. The lowest BCUT2D eigenvalue weighted by Gasteiger charge is -2.29. The molecule has 146 valence electrons. The van der Waals surface area contributed by atoms with Gasteiger partial charge >= 0.3 is 6.18 Å². The molecule has 2 heterocycles. The normalized spacial score (nSPS) is 19.0. The lowest BCUT2D eigenvalue weighted by Crippen LogP contribution is -2.42. The molecule has 4 nitrogen and oxygen atoms in total. The number of benzene rings is 2. The molecule has 0 radical (unpaired) electrons. The van der Waals surface area contributed by atoms with E-state index >= 15 is 0 Å². The number of aromatic nitrogens is 1. The summed E-state index contributed by atoms with van der Waals surface area (Å²) in [6.45, 7) is 0. The number of hydrogen-bond acceptors (Lipinski definition) is 4. The van der Waals surface area contributed by atoms with Gasteiger partial charge < -0.3 is 4.84 Å². The molecule has 4 rings (SSSR count). The predicted octanol–water partition coefficient (Wildman–Crippen LogP) is 6.00. The number of rotatable bonds is 2. The molecule has 1 unspecified atom stereocenters. The van der Waals surface area contributed by atoms with Gasteiger partial charge in [-0.3, -0.25) is 4.98 Å². The van der Waals surface area contributed by atoms with Crippen molar-refractivity contribution >= 4 is 39.8 Å². The molecule has 29 heavy (non-hydrogen) atoms. The summed E-state index contributed by atoms with van der Waals surface area (Å²) in [6.07, 6.45) is -3.94. The van der Waals surface area contributed by atoms with Gasteiger partial charge in [0, 0.05) is 39.2 Å². The first-order valence-electron chi connectivity index (χ1n) is 8.32. The molecule has 0 amide bonds. The Bertz CT molecular complexity index is 1180. The quantitative estimate of drug-likeness (QED) is 0.496. The standard InChI is InChI=1S/C20H10Cl2F3N3O/c21-13-6-12(7-14(22)8-13)19(20(23,24)25)9-17(28-29-19)15-4-5-27-18-11(10-26)2-1-3-16(15)18/h1-8H,9H2. The van der Waals surface area contributed by atoms with Crippen LogP contribution in [-0.2, 0) is 10.4 Å². The summed E-state index contributed by atoms with van der Waals surface area (Å²) in [5.74, 6) is 0. The lowest BCUT2D eigenvalue weighted by atomic mass is 9.86. The number of nitriles is 1. The van der Waals surface area contributed by atoms with Gasteiger partial charge in [0.15, 0.2) is 0 Å². The summed E-state index contributed by atoms with van der Waals surface area (Å²) >= 11 is 11.8. The number of para-hydroxylation sites is 1. The molecule has 0 bridgehead atoms. The second-order valence-corrected chi connectivity index (χ2v) is 7.33. The van der Waals surface area contributed by atoms with Crippen LogP contribution in [-0.4, -0.2) is 16.9 Å². The van der Waals surface area contributed by atoms with Crippen molar-refractivity contribution in [3.05, 3.63) is 75.4 Å². The minimum Gasteiger partial charge on any atom is -0.374 e. The van der Waals surface area contributed by atoms with Crippen LogP contribution in [0.1, 0.15) is 23.1 Å². The van der Waals surface area contributed by atoms with Crippen molar-refractivity contribution in [1.82, 2.24) is 4.98 Å². The highest BCUT2D eigenvalue weighted by molar-refractivity contribution is 6.34. The average Bonchev–Trinajstić information content (AvgIpc) is 3.13. The minimum absolute atomic E-state index is 0.0567. The molecule has 1 aliphatic heterocycles. The third-order valence-electron chi connectivity index (χ3n) is 4.72. The molecular weight excluding hydrogens is 426 g/mol. The maximum Gasteiger partial charge on any atom is 0.435 e. The zero-order valence-electron chi connectivity index (χ0n) is 14.5. The van der Waals surface area contributed by atoms with Crippen LogP contribution in [0.2, 0.25) is 10.0 Å². The highest BCUT2D eigenvalue weighted by Crippen LogP contribution is 2.50. The number of halogens is 5. The molecule has 0 N–H and O–H groups in total. The summed E-state index contributed by atoms with van der Waals surface area (Å²) in [7, 11) is 0. The SMILES string of the molecule is N#Cc1cccc2c(C3=NOC(c4cc(Cl)cc(Cl)c4)(C(F)(F)F)C3)ccnc12. The van der Waals surface area contributed by atoms with Crippen molar-refractivity contribution in [2.24, 2.45) is 5.16 Å². The summed E-state index contributed by atoms with van der Waals surface area (Å²) in [6, 6.07) is 12.1. The van der Waals surface area contributed by atoms with E-state index in [1.807, 2.05) is 6.07 Å². The molecule has 0 aliphatic carbocycles. The van der Waals surface area contributed by atoms with E-state index in [9.17, 15) is 18.4 Å². The molecule has 1 atom stereocenters. The first kappa shape index (κ1) is 19.5.